The quantitative estimate of drug-likeness (QED) is 0.761. The maximum atomic E-state index is 11.3. The number of hydrogen-bond donors (Lipinski definition) is 1. The Morgan fingerprint density at radius 1 is 1.36 bits per heavy atom. The molecule has 0 aromatic rings. The lowest BCUT2D eigenvalue weighted by atomic mass is 9.95. The van der Waals surface area contributed by atoms with Gasteiger partial charge in [0.1, 0.15) is 9.84 Å². The van der Waals surface area contributed by atoms with Crippen molar-refractivity contribution in [3.8, 4) is 0 Å². The smallest absolute Gasteiger partial charge is 0.150 e. The Hall–Kier alpha value is -0.0900. The van der Waals surface area contributed by atoms with Crippen molar-refractivity contribution in [1.82, 2.24) is 5.32 Å². The van der Waals surface area contributed by atoms with Crippen LogP contribution >= 0.6 is 0 Å². The van der Waals surface area contributed by atoms with Gasteiger partial charge in [0, 0.05) is 0 Å². The van der Waals surface area contributed by atoms with Crippen LogP contribution in [0.25, 0.3) is 0 Å². The summed E-state index contributed by atoms with van der Waals surface area (Å²) in [5.41, 5.74) is 0.433. The molecule has 82 valence electrons. The molecule has 2 rings (SSSR count). The molecule has 14 heavy (non-hydrogen) atoms. The van der Waals surface area contributed by atoms with Gasteiger partial charge in [-0.1, -0.05) is 0 Å². The molecule has 1 unspecified atom stereocenters. The molecule has 1 aliphatic heterocycles. The van der Waals surface area contributed by atoms with E-state index in [-0.39, 0.29) is 0 Å². The van der Waals surface area contributed by atoms with Crippen molar-refractivity contribution in [2.45, 2.75) is 25.7 Å². The van der Waals surface area contributed by atoms with E-state index in [1.165, 1.54) is 12.8 Å². The minimum atomic E-state index is -2.67. The monoisotopic (exact) mass is 217 g/mol. The van der Waals surface area contributed by atoms with Crippen LogP contribution in [0, 0.1) is 11.3 Å². The Kier molecular flexibility index (Phi) is 2.60. The van der Waals surface area contributed by atoms with Crippen molar-refractivity contribution < 1.29 is 8.42 Å². The van der Waals surface area contributed by atoms with Crippen molar-refractivity contribution in [3.63, 3.8) is 0 Å². The highest BCUT2D eigenvalue weighted by molar-refractivity contribution is 7.91. The number of nitrogens with one attached hydrogen (secondary N) is 1. The molecule has 3 nitrogen and oxygen atoms in total. The third-order valence-electron chi connectivity index (χ3n) is 3.92. The van der Waals surface area contributed by atoms with Gasteiger partial charge in [-0.05, 0) is 50.6 Å². The van der Waals surface area contributed by atoms with Crippen molar-refractivity contribution >= 4 is 9.84 Å². The van der Waals surface area contributed by atoms with E-state index in [1.54, 1.807) is 0 Å². The fraction of sp³-hybridized carbons (Fsp3) is 1.00. The SMILES string of the molecule is CNCCC1CC12CCS(=O)(=O)CC2. The Bertz CT molecular complexity index is 296. The van der Waals surface area contributed by atoms with Gasteiger partial charge in [0.25, 0.3) is 0 Å². The fourth-order valence-corrected chi connectivity index (χ4v) is 4.35. The number of rotatable bonds is 3. The first-order valence-electron chi connectivity index (χ1n) is 5.43. The van der Waals surface area contributed by atoms with Crippen LogP contribution in [0.2, 0.25) is 0 Å². The summed E-state index contributed by atoms with van der Waals surface area (Å²) < 4.78 is 22.5. The second-order valence-corrected chi connectivity index (χ2v) is 7.11. The Balaban J connectivity index is 1.85. The van der Waals surface area contributed by atoms with E-state index >= 15 is 0 Å². The molecule has 0 bridgehead atoms. The van der Waals surface area contributed by atoms with E-state index in [0.29, 0.717) is 16.9 Å². The van der Waals surface area contributed by atoms with E-state index in [9.17, 15) is 8.42 Å². The lowest BCUT2D eigenvalue weighted by Crippen LogP contribution is -2.26. The zero-order chi connectivity index (χ0) is 10.2. The molecule has 1 spiro atoms. The molecule has 1 N–H and O–H groups in total. The molecule has 1 saturated carbocycles. The van der Waals surface area contributed by atoms with E-state index in [1.807, 2.05) is 7.05 Å². The summed E-state index contributed by atoms with van der Waals surface area (Å²) in [4.78, 5) is 0. The highest BCUT2D eigenvalue weighted by Crippen LogP contribution is 2.61. The molecular weight excluding hydrogens is 198 g/mol. The van der Waals surface area contributed by atoms with E-state index in [2.05, 4.69) is 5.32 Å². The Morgan fingerprint density at radius 2 is 2.00 bits per heavy atom. The third kappa shape index (κ3) is 1.96. The molecule has 4 heteroatoms. The standard InChI is InChI=1S/C10H19NO2S/c1-11-5-2-9-8-10(9)3-6-14(12,13)7-4-10/h9,11H,2-8H2,1H3. The van der Waals surface area contributed by atoms with Crippen molar-refractivity contribution in [2.24, 2.45) is 11.3 Å². The molecule has 0 aromatic carbocycles. The highest BCUT2D eigenvalue weighted by Gasteiger charge is 2.54. The van der Waals surface area contributed by atoms with Gasteiger partial charge in [0.2, 0.25) is 0 Å². The predicted molar refractivity (Wildman–Crippen MR) is 57.0 cm³/mol. The fourth-order valence-electron chi connectivity index (χ4n) is 2.72. The molecule has 1 heterocycles. The molecule has 0 radical (unpaired) electrons. The lowest BCUT2D eigenvalue weighted by molar-refractivity contribution is 0.392. The summed E-state index contributed by atoms with van der Waals surface area (Å²) in [7, 11) is -0.701. The van der Waals surface area contributed by atoms with Crippen LogP contribution in [-0.4, -0.2) is 33.5 Å². The molecule has 1 saturated heterocycles. The number of hydrogen-bond acceptors (Lipinski definition) is 3. The Morgan fingerprint density at radius 3 is 2.57 bits per heavy atom. The molecule has 1 aliphatic carbocycles. The van der Waals surface area contributed by atoms with Crippen LogP contribution in [-0.2, 0) is 9.84 Å². The molecule has 1 atom stereocenters. The third-order valence-corrected chi connectivity index (χ3v) is 5.58. The predicted octanol–water partition coefficient (Wildman–Crippen LogP) is 0.811. The van der Waals surface area contributed by atoms with Gasteiger partial charge in [0.05, 0.1) is 11.5 Å². The van der Waals surface area contributed by atoms with Crippen LogP contribution in [0.15, 0.2) is 0 Å². The molecule has 2 aliphatic rings. The van der Waals surface area contributed by atoms with Gasteiger partial charge >= 0.3 is 0 Å². The first-order chi connectivity index (χ1) is 6.58. The maximum Gasteiger partial charge on any atom is 0.150 e. The molecule has 0 amide bonds. The van der Waals surface area contributed by atoms with Crippen LogP contribution in [0.4, 0.5) is 0 Å². The van der Waals surface area contributed by atoms with Crippen molar-refractivity contribution in [3.05, 3.63) is 0 Å². The minimum Gasteiger partial charge on any atom is -0.320 e. The maximum absolute atomic E-state index is 11.3. The van der Waals surface area contributed by atoms with Gasteiger partial charge in [0.15, 0.2) is 0 Å². The first kappa shape index (κ1) is 10.4. The van der Waals surface area contributed by atoms with Gasteiger partial charge in [-0.3, -0.25) is 0 Å². The summed E-state index contributed by atoms with van der Waals surface area (Å²) in [5, 5.41) is 3.16. The minimum absolute atomic E-state index is 0.433. The van der Waals surface area contributed by atoms with Crippen LogP contribution in [0.5, 0.6) is 0 Å². The first-order valence-corrected chi connectivity index (χ1v) is 7.25. The average molecular weight is 217 g/mol. The molecular formula is C10H19NO2S. The zero-order valence-corrected chi connectivity index (χ0v) is 9.57. The second kappa shape index (κ2) is 3.49. The van der Waals surface area contributed by atoms with Crippen LogP contribution in [0.3, 0.4) is 0 Å². The van der Waals surface area contributed by atoms with Crippen LogP contribution in [0.1, 0.15) is 25.7 Å². The van der Waals surface area contributed by atoms with E-state index in [0.717, 1.165) is 25.3 Å². The van der Waals surface area contributed by atoms with Gasteiger partial charge in [-0.2, -0.15) is 0 Å². The summed E-state index contributed by atoms with van der Waals surface area (Å²) in [6, 6.07) is 0. The highest BCUT2D eigenvalue weighted by atomic mass is 32.2. The summed E-state index contributed by atoms with van der Waals surface area (Å²) in [6.07, 6.45) is 4.33. The topological polar surface area (TPSA) is 46.2 Å². The Labute approximate surface area is 86.2 Å². The molecule has 0 aromatic heterocycles. The summed E-state index contributed by atoms with van der Waals surface area (Å²) in [5.74, 6) is 1.66. The average Bonchev–Trinajstić information content (AvgIpc) is 2.82. The molecule has 2 fully saturated rings. The largest absolute Gasteiger partial charge is 0.320 e. The summed E-state index contributed by atoms with van der Waals surface area (Å²) in [6.45, 7) is 1.07. The summed E-state index contributed by atoms with van der Waals surface area (Å²) >= 11 is 0. The van der Waals surface area contributed by atoms with Gasteiger partial charge in [-0.25, -0.2) is 8.42 Å². The van der Waals surface area contributed by atoms with Crippen LogP contribution < -0.4 is 5.32 Å². The second-order valence-electron chi connectivity index (χ2n) is 4.81. The van der Waals surface area contributed by atoms with Gasteiger partial charge in [-0.15, -0.1) is 0 Å². The number of sulfone groups is 1. The lowest BCUT2D eigenvalue weighted by Gasteiger charge is -2.22. The van der Waals surface area contributed by atoms with Gasteiger partial charge < -0.3 is 5.32 Å². The normalized spacial score (nSPS) is 33.1. The van der Waals surface area contributed by atoms with E-state index in [4.69, 9.17) is 0 Å². The zero-order valence-electron chi connectivity index (χ0n) is 8.75. The van der Waals surface area contributed by atoms with E-state index < -0.39 is 9.84 Å². The van der Waals surface area contributed by atoms with Crippen molar-refractivity contribution in [1.29, 1.82) is 0 Å². The van der Waals surface area contributed by atoms with Crippen molar-refractivity contribution in [2.75, 3.05) is 25.1 Å².